The molecule has 0 saturated heterocycles. The first-order valence-electron chi connectivity index (χ1n) is 6.44. The molecule has 0 spiro atoms. The molecule has 0 bridgehead atoms. The second-order valence-electron chi connectivity index (χ2n) is 4.18. The molecule has 20 heavy (non-hydrogen) atoms. The quantitative estimate of drug-likeness (QED) is 0.618. The number of hydrogen-bond acceptors (Lipinski definition) is 3. The third-order valence-electron chi connectivity index (χ3n) is 2.57. The minimum Gasteiger partial charge on any atom is -0.466 e. The normalized spacial score (nSPS) is 10.2. The Bertz CT molecular complexity index is 457. The highest BCUT2D eigenvalue weighted by Crippen LogP contribution is 2.11. The van der Waals surface area contributed by atoms with E-state index >= 15 is 0 Å². The first-order valence-corrected chi connectivity index (χ1v) is 6.44. The number of unbranched alkanes of at least 4 members (excludes halogenated alkanes) is 1. The van der Waals surface area contributed by atoms with Gasteiger partial charge in [-0.15, -0.1) is 0 Å². The van der Waals surface area contributed by atoms with Gasteiger partial charge in [-0.3, -0.25) is 9.59 Å². The van der Waals surface area contributed by atoms with Crippen molar-refractivity contribution in [3.63, 3.8) is 0 Å². The van der Waals surface area contributed by atoms with Crippen molar-refractivity contribution >= 4 is 11.9 Å². The molecule has 0 unspecified atom stereocenters. The van der Waals surface area contributed by atoms with Gasteiger partial charge in [-0.1, -0.05) is 19.4 Å². The minimum absolute atomic E-state index is 0.0302. The second kappa shape index (κ2) is 8.24. The predicted molar refractivity (Wildman–Crippen MR) is 69.2 cm³/mol. The summed E-state index contributed by atoms with van der Waals surface area (Å²) in [5, 5.41) is 2.28. The molecule has 1 amide bonds. The van der Waals surface area contributed by atoms with E-state index in [2.05, 4.69) is 5.32 Å². The van der Waals surface area contributed by atoms with Gasteiger partial charge >= 0.3 is 5.97 Å². The number of amides is 1. The van der Waals surface area contributed by atoms with Crippen LogP contribution in [0.5, 0.6) is 0 Å². The lowest BCUT2D eigenvalue weighted by Crippen LogP contribution is -2.28. The van der Waals surface area contributed by atoms with Crippen molar-refractivity contribution in [1.82, 2.24) is 5.32 Å². The van der Waals surface area contributed by atoms with E-state index in [9.17, 15) is 18.4 Å². The lowest BCUT2D eigenvalue weighted by atomic mass is 10.2. The van der Waals surface area contributed by atoms with E-state index in [-0.39, 0.29) is 13.0 Å². The van der Waals surface area contributed by atoms with E-state index in [4.69, 9.17) is 4.74 Å². The van der Waals surface area contributed by atoms with Crippen molar-refractivity contribution in [2.24, 2.45) is 0 Å². The second-order valence-corrected chi connectivity index (χ2v) is 4.18. The number of hydrogen-bond donors (Lipinski definition) is 1. The summed E-state index contributed by atoms with van der Waals surface area (Å²) in [5.41, 5.74) is -0.646. The van der Waals surface area contributed by atoms with Gasteiger partial charge in [-0.05, 0) is 18.6 Å². The standard InChI is InChI=1S/C14H17F2NO3/c1-2-3-9-20-12(18)7-8-17-14(19)13-10(15)5-4-6-11(13)16/h4-6H,2-3,7-9H2,1H3,(H,17,19). The zero-order valence-electron chi connectivity index (χ0n) is 11.2. The van der Waals surface area contributed by atoms with E-state index in [0.717, 1.165) is 25.0 Å². The summed E-state index contributed by atoms with van der Waals surface area (Å²) in [6.07, 6.45) is 1.65. The zero-order chi connectivity index (χ0) is 15.0. The lowest BCUT2D eigenvalue weighted by molar-refractivity contribution is -0.143. The van der Waals surface area contributed by atoms with Crippen molar-refractivity contribution in [2.45, 2.75) is 26.2 Å². The van der Waals surface area contributed by atoms with Gasteiger partial charge in [0.25, 0.3) is 5.91 Å². The molecule has 0 atom stereocenters. The lowest BCUT2D eigenvalue weighted by Gasteiger charge is -2.07. The summed E-state index contributed by atoms with van der Waals surface area (Å²) in [4.78, 5) is 22.8. The van der Waals surface area contributed by atoms with Crippen LogP contribution in [0.2, 0.25) is 0 Å². The summed E-state index contributed by atoms with van der Waals surface area (Å²) < 4.78 is 31.5. The van der Waals surface area contributed by atoms with Crippen LogP contribution in [0.15, 0.2) is 18.2 Å². The number of carbonyl (C=O) groups is 2. The summed E-state index contributed by atoms with van der Waals surface area (Å²) in [7, 11) is 0. The highest BCUT2D eigenvalue weighted by atomic mass is 19.1. The maximum absolute atomic E-state index is 13.3. The highest BCUT2D eigenvalue weighted by molar-refractivity contribution is 5.94. The van der Waals surface area contributed by atoms with E-state index < -0.39 is 29.1 Å². The van der Waals surface area contributed by atoms with Crippen LogP contribution in [0.1, 0.15) is 36.5 Å². The van der Waals surface area contributed by atoms with Gasteiger partial charge in [0.05, 0.1) is 13.0 Å². The van der Waals surface area contributed by atoms with E-state index in [0.29, 0.717) is 6.61 Å². The first-order chi connectivity index (χ1) is 9.56. The Kier molecular flexibility index (Phi) is 6.63. The molecule has 1 rings (SSSR count). The highest BCUT2D eigenvalue weighted by Gasteiger charge is 2.16. The fraction of sp³-hybridized carbons (Fsp3) is 0.429. The molecule has 0 heterocycles. The van der Waals surface area contributed by atoms with Crippen LogP contribution < -0.4 is 5.32 Å². The Morgan fingerprint density at radius 3 is 2.50 bits per heavy atom. The van der Waals surface area contributed by atoms with Crippen LogP contribution in [0.25, 0.3) is 0 Å². The molecule has 4 nitrogen and oxygen atoms in total. The van der Waals surface area contributed by atoms with Crippen LogP contribution in [0.4, 0.5) is 8.78 Å². The molecule has 0 aliphatic carbocycles. The molecule has 0 aliphatic rings. The molecule has 1 aromatic rings. The Labute approximate surface area is 116 Å². The number of rotatable bonds is 7. The van der Waals surface area contributed by atoms with Gasteiger partial charge in [0.2, 0.25) is 0 Å². The van der Waals surface area contributed by atoms with Gasteiger partial charge in [0, 0.05) is 6.54 Å². The van der Waals surface area contributed by atoms with Crippen LogP contribution in [0.3, 0.4) is 0 Å². The molecule has 0 aliphatic heterocycles. The summed E-state index contributed by atoms with van der Waals surface area (Å²) in [5.74, 6) is -3.21. The smallest absolute Gasteiger partial charge is 0.307 e. The van der Waals surface area contributed by atoms with Crippen LogP contribution in [-0.4, -0.2) is 25.0 Å². The minimum atomic E-state index is -0.937. The van der Waals surface area contributed by atoms with Crippen molar-refractivity contribution < 1.29 is 23.1 Å². The molecular formula is C14H17F2NO3. The maximum atomic E-state index is 13.3. The third kappa shape index (κ3) is 4.95. The van der Waals surface area contributed by atoms with Gasteiger partial charge < -0.3 is 10.1 Å². The fourth-order valence-corrected chi connectivity index (χ4v) is 1.48. The van der Waals surface area contributed by atoms with E-state index in [1.54, 1.807) is 0 Å². The van der Waals surface area contributed by atoms with Crippen molar-refractivity contribution in [3.8, 4) is 0 Å². The molecule has 6 heteroatoms. The fourth-order valence-electron chi connectivity index (χ4n) is 1.48. The number of carbonyl (C=O) groups excluding carboxylic acids is 2. The van der Waals surface area contributed by atoms with Gasteiger partial charge in [-0.25, -0.2) is 8.78 Å². The van der Waals surface area contributed by atoms with Crippen LogP contribution in [0, 0.1) is 11.6 Å². The van der Waals surface area contributed by atoms with Gasteiger partial charge in [0.15, 0.2) is 0 Å². The van der Waals surface area contributed by atoms with Gasteiger partial charge in [-0.2, -0.15) is 0 Å². The number of ether oxygens (including phenoxy) is 1. The number of benzene rings is 1. The molecule has 0 saturated carbocycles. The SMILES string of the molecule is CCCCOC(=O)CCNC(=O)c1c(F)cccc1F. The van der Waals surface area contributed by atoms with E-state index in [1.165, 1.54) is 6.07 Å². The zero-order valence-corrected chi connectivity index (χ0v) is 11.2. The molecule has 0 radical (unpaired) electrons. The molecule has 0 fully saturated rings. The van der Waals surface area contributed by atoms with Gasteiger partial charge in [0.1, 0.15) is 17.2 Å². The Balaban J connectivity index is 2.39. The first kappa shape index (κ1) is 16.1. The van der Waals surface area contributed by atoms with E-state index in [1.807, 2.05) is 6.92 Å². The average molecular weight is 285 g/mol. The Morgan fingerprint density at radius 2 is 1.90 bits per heavy atom. The summed E-state index contributed by atoms with van der Waals surface area (Å²) in [6, 6.07) is 3.17. The largest absolute Gasteiger partial charge is 0.466 e. The topological polar surface area (TPSA) is 55.4 Å². The number of nitrogens with one attached hydrogen (secondary N) is 1. The summed E-state index contributed by atoms with van der Waals surface area (Å²) >= 11 is 0. The molecule has 1 aromatic carbocycles. The molecular weight excluding hydrogens is 268 g/mol. The number of halogens is 2. The van der Waals surface area contributed by atoms with Crippen LogP contribution in [-0.2, 0) is 9.53 Å². The Morgan fingerprint density at radius 1 is 1.25 bits per heavy atom. The van der Waals surface area contributed by atoms with Crippen molar-refractivity contribution in [3.05, 3.63) is 35.4 Å². The third-order valence-corrected chi connectivity index (χ3v) is 2.57. The number of esters is 1. The molecule has 0 aromatic heterocycles. The van der Waals surface area contributed by atoms with Crippen LogP contribution >= 0.6 is 0 Å². The van der Waals surface area contributed by atoms with Crippen molar-refractivity contribution in [1.29, 1.82) is 0 Å². The monoisotopic (exact) mass is 285 g/mol. The molecule has 110 valence electrons. The van der Waals surface area contributed by atoms with Crippen molar-refractivity contribution in [2.75, 3.05) is 13.2 Å². The molecule has 1 N–H and O–H groups in total. The summed E-state index contributed by atoms with van der Waals surface area (Å²) in [6.45, 7) is 2.28. The Hall–Kier alpha value is -1.98. The maximum Gasteiger partial charge on any atom is 0.307 e. The average Bonchev–Trinajstić information content (AvgIpc) is 2.39. The predicted octanol–water partition coefficient (Wildman–Crippen LogP) is 2.43.